The number of carbonyl (C=O) groups is 2. The summed E-state index contributed by atoms with van der Waals surface area (Å²) in [6, 6.07) is 4.99. The lowest BCUT2D eigenvalue weighted by Crippen LogP contribution is -2.50. The van der Waals surface area contributed by atoms with Gasteiger partial charge in [-0.2, -0.15) is 5.10 Å². The van der Waals surface area contributed by atoms with Gasteiger partial charge < -0.3 is 23.8 Å². The fourth-order valence-electron chi connectivity index (χ4n) is 4.76. The highest BCUT2D eigenvalue weighted by molar-refractivity contribution is 6.14. The molecule has 4 aromatic rings. The molecule has 0 N–H and O–H groups in total. The first-order chi connectivity index (χ1) is 17.9. The van der Waals surface area contributed by atoms with Crippen molar-refractivity contribution in [3.8, 4) is 0 Å². The van der Waals surface area contributed by atoms with Gasteiger partial charge in [-0.15, -0.1) is 0 Å². The van der Waals surface area contributed by atoms with E-state index in [2.05, 4.69) is 15.0 Å². The molecule has 0 atom stereocenters. The summed E-state index contributed by atoms with van der Waals surface area (Å²) < 4.78 is 23.5. The van der Waals surface area contributed by atoms with Gasteiger partial charge >= 0.3 is 6.09 Å². The van der Waals surface area contributed by atoms with Crippen LogP contribution in [0.3, 0.4) is 0 Å². The van der Waals surface area contributed by atoms with Crippen molar-refractivity contribution in [3.63, 3.8) is 0 Å². The van der Waals surface area contributed by atoms with E-state index in [0.29, 0.717) is 48.6 Å². The molecule has 4 heterocycles. The van der Waals surface area contributed by atoms with Gasteiger partial charge in [-0.05, 0) is 39.8 Å². The number of ether oxygens (including phenoxy) is 1. The SMILES string of the molecule is Cc1cn2cc(N(C)C(=O)c3ccc(N4CCN(C(=O)OC(C)(C)C)CC4)c4cn(C)nc34)cc(F)c2n1. The van der Waals surface area contributed by atoms with E-state index in [1.165, 1.54) is 11.0 Å². The van der Waals surface area contributed by atoms with Crippen LogP contribution in [-0.2, 0) is 11.8 Å². The molecule has 38 heavy (non-hydrogen) atoms. The lowest BCUT2D eigenvalue weighted by molar-refractivity contribution is 0.0240. The van der Waals surface area contributed by atoms with Gasteiger partial charge in [0.15, 0.2) is 11.5 Å². The Balaban J connectivity index is 1.40. The number of halogens is 1. The third kappa shape index (κ3) is 4.75. The van der Waals surface area contributed by atoms with Crippen molar-refractivity contribution < 1.29 is 18.7 Å². The summed E-state index contributed by atoms with van der Waals surface area (Å²) in [5.41, 5.74) is 2.70. The van der Waals surface area contributed by atoms with Gasteiger partial charge in [0.1, 0.15) is 11.1 Å². The molecule has 0 spiro atoms. The first-order valence-corrected chi connectivity index (χ1v) is 12.5. The van der Waals surface area contributed by atoms with Crippen LogP contribution in [0.25, 0.3) is 16.6 Å². The summed E-state index contributed by atoms with van der Waals surface area (Å²) in [5, 5.41) is 5.43. The Morgan fingerprint density at radius 3 is 2.47 bits per heavy atom. The number of hydrogen-bond donors (Lipinski definition) is 0. The van der Waals surface area contributed by atoms with Crippen LogP contribution in [0, 0.1) is 12.7 Å². The summed E-state index contributed by atoms with van der Waals surface area (Å²) in [6.07, 6.45) is 4.98. The fourth-order valence-corrected chi connectivity index (χ4v) is 4.76. The topological polar surface area (TPSA) is 88.2 Å². The van der Waals surface area contributed by atoms with Crippen LogP contribution >= 0.6 is 0 Å². The standard InChI is InChI=1S/C27H32FN7O3/c1-17-14-35-15-18(13-21(28)24(35)29-17)32(6)25(36)19-7-8-22(20-16-31(5)30-23(19)20)33-9-11-34(12-10-33)26(37)38-27(2,3)4/h7-8,13-16H,9-12H2,1-6H3. The van der Waals surface area contributed by atoms with Crippen molar-refractivity contribution in [3.05, 3.63) is 53.9 Å². The molecule has 2 amide bonds. The summed E-state index contributed by atoms with van der Waals surface area (Å²) in [7, 11) is 3.43. The summed E-state index contributed by atoms with van der Waals surface area (Å²) in [4.78, 5) is 35.6. The van der Waals surface area contributed by atoms with E-state index in [0.717, 1.165) is 11.1 Å². The van der Waals surface area contributed by atoms with Crippen molar-refractivity contribution in [2.75, 3.05) is 43.0 Å². The van der Waals surface area contributed by atoms with Crippen LogP contribution in [-0.4, -0.2) is 74.9 Å². The number of amides is 2. The Morgan fingerprint density at radius 1 is 1.08 bits per heavy atom. The minimum Gasteiger partial charge on any atom is -0.444 e. The lowest BCUT2D eigenvalue weighted by atomic mass is 10.1. The van der Waals surface area contributed by atoms with Gasteiger partial charge in [-0.25, -0.2) is 14.2 Å². The molecule has 0 unspecified atom stereocenters. The van der Waals surface area contributed by atoms with Gasteiger partial charge in [-0.3, -0.25) is 9.48 Å². The van der Waals surface area contributed by atoms with Crippen LogP contribution in [0.4, 0.5) is 20.6 Å². The van der Waals surface area contributed by atoms with Crippen molar-refractivity contribution in [2.45, 2.75) is 33.3 Å². The number of piperazine rings is 1. The number of anilines is 2. The molecule has 1 saturated heterocycles. The highest BCUT2D eigenvalue weighted by atomic mass is 19.1. The number of hydrogen-bond acceptors (Lipinski definition) is 6. The van der Waals surface area contributed by atoms with Crippen LogP contribution in [0.1, 0.15) is 36.8 Å². The third-order valence-electron chi connectivity index (χ3n) is 6.57. The summed E-state index contributed by atoms with van der Waals surface area (Å²) in [6.45, 7) is 9.66. The maximum Gasteiger partial charge on any atom is 0.410 e. The maximum absolute atomic E-state index is 14.7. The number of imidazole rings is 1. The number of aromatic nitrogens is 4. The molecule has 0 aliphatic carbocycles. The summed E-state index contributed by atoms with van der Waals surface area (Å²) in [5.74, 6) is -0.801. The highest BCUT2D eigenvalue weighted by Gasteiger charge is 2.28. The van der Waals surface area contributed by atoms with Gasteiger partial charge in [-0.1, -0.05) is 0 Å². The maximum atomic E-state index is 14.7. The molecule has 1 fully saturated rings. The quantitative estimate of drug-likeness (QED) is 0.405. The van der Waals surface area contributed by atoms with E-state index in [-0.39, 0.29) is 17.6 Å². The van der Waals surface area contributed by atoms with Crippen molar-refractivity contribution >= 4 is 39.9 Å². The second-order valence-electron chi connectivity index (χ2n) is 10.7. The number of carbonyl (C=O) groups excluding carboxylic acids is 2. The largest absolute Gasteiger partial charge is 0.444 e. The average molecular weight is 522 g/mol. The Hall–Kier alpha value is -4.15. The zero-order valence-corrected chi connectivity index (χ0v) is 22.5. The second-order valence-corrected chi connectivity index (χ2v) is 10.7. The Morgan fingerprint density at radius 2 is 1.79 bits per heavy atom. The van der Waals surface area contributed by atoms with Crippen molar-refractivity contribution in [1.82, 2.24) is 24.1 Å². The van der Waals surface area contributed by atoms with E-state index < -0.39 is 11.4 Å². The first-order valence-electron chi connectivity index (χ1n) is 12.5. The van der Waals surface area contributed by atoms with Crippen LogP contribution in [0.5, 0.6) is 0 Å². The molecule has 1 aliphatic rings. The number of fused-ring (bicyclic) bond motifs is 2. The minimum atomic E-state index is -0.541. The zero-order valence-electron chi connectivity index (χ0n) is 22.5. The Labute approximate surface area is 220 Å². The molecular weight excluding hydrogens is 489 g/mol. The van der Waals surface area contributed by atoms with Gasteiger partial charge in [0.05, 0.1) is 16.9 Å². The molecule has 10 nitrogen and oxygen atoms in total. The first kappa shape index (κ1) is 25.5. The van der Waals surface area contributed by atoms with Crippen molar-refractivity contribution in [1.29, 1.82) is 0 Å². The molecule has 5 rings (SSSR count). The van der Waals surface area contributed by atoms with Gasteiger partial charge in [0.2, 0.25) is 0 Å². The van der Waals surface area contributed by atoms with Crippen LogP contribution in [0.2, 0.25) is 0 Å². The number of pyridine rings is 1. The van der Waals surface area contributed by atoms with E-state index in [9.17, 15) is 14.0 Å². The monoisotopic (exact) mass is 521 g/mol. The number of aryl methyl sites for hydroxylation is 2. The molecule has 11 heteroatoms. The third-order valence-corrected chi connectivity index (χ3v) is 6.57. The number of benzene rings is 1. The Kier molecular flexibility index (Phi) is 6.24. The molecule has 0 saturated carbocycles. The molecular formula is C27H32FN7O3. The molecule has 0 bridgehead atoms. The molecule has 200 valence electrons. The van der Waals surface area contributed by atoms with E-state index in [4.69, 9.17) is 4.74 Å². The average Bonchev–Trinajstić information content (AvgIpc) is 3.43. The van der Waals surface area contributed by atoms with Gasteiger partial charge in [0, 0.05) is 76.0 Å². The molecule has 1 aromatic carbocycles. The fraction of sp³-hybridized carbons (Fsp3) is 0.407. The Bertz CT molecular complexity index is 1540. The smallest absolute Gasteiger partial charge is 0.410 e. The number of nitrogens with zero attached hydrogens (tertiary/aromatic N) is 7. The number of rotatable bonds is 3. The lowest BCUT2D eigenvalue weighted by Gasteiger charge is -2.37. The molecule has 3 aromatic heterocycles. The van der Waals surface area contributed by atoms with E-state index >= 15 is 0 Å². The van der Waals surface area contributed by atoms with Crippen LogP contribution in [0.15, 0.2) is 36.8 Å². The zero-order chi connectivity index (χ0) is 27.4. The molecule has 0 radical (unpaired) electrons. The summed E-state index contributed by atoms with van der Waals surface area (Å²) >= 11 is 0. The van der Waals surface area contributed by atoms with E-state index in [1.807, 2.05) is 40.1 Å². The predicted molar refractivity (Wildman–Crippen MR) is 143 cm³/mol. The highest BCUT2D eigenvalue weighted by Crippen LogP contribution is 2.31. The molecule has 1 aliphatic heterocycles. The second kappa shape index (κ2) is 9.30. The predicted octanol–water partition coefficient (Wildman–Crippen LogP) is 4.00. The normalized spacial score (nSPS) is 14.4. The van der Waals surface area contributed by atoms with Crippen molar-refractivity contribution in [2.24, 2.45) is 7.05 Å². The van der Waals surface area contributed by atoms with Crippen LogP contribution < -0.4 is 9.80 Å². The minimum absolute atomic E-state index is 0.218. The van der Waals surface area contributed by atoms with Gasteiger partial charge in [0.25, 0.3) is 5.91 Å². The van der Waals surface area contributed by atoms with E-state index in [1.54, 1.807) is 46.4 Å².